The minimum atomic E-state index is -0.601. The van der Waals surface area contributed by atoms with Gasteiger partial charge in [-0.15, -0.1) is 24.9 Å². The maximum absolute atomic E-state index is 14.2. The van der Waals surface area contributed by atoms with E-state index in [1.807, 2.05) is 16.7 Å². The van der Waals surface area contributed by atoms with Crippen molar-refractivity contribution in [1.29, 1.82) is 0 Å². The van der Waals surface area contributed by atoms with E-state index < -0.39 is 22.6 Å². The molecule has 6 atom stereocenters. The second-order valence-corrected chi connectivity index (χ2v) is 12.1. The van der Waals surface area contributed by atoms with Gasteiger partial charge in [0.15, 0.2) is 0 Å². The summed E-state index contributed by atoms with van der Waals surface area (Å²) in [5.74, 6) is -0.806. The third kappa shape index (κ3) is 5.00. The molecular weight excluding hydrogens is 474 g/mol. The van der Waals surface area contributed by atoms with Gasteiger partial charge >= 0.3 is 0 Å². The first kappa shape index (κ1) is 28.8. The highest BCUT2D eigenvalue weighted by molar-refractivity contribution is 8.02. The Morgan fingerprint density at radius 3 is 2.33 bits per heavy atom. The number of hydrogen-bond acceptors (Lipinski definition) is 5. The minimum Gasteiger partial charge on any atom is -0.396 e. The summed E-state index contributed by atoms with van der Waals surface area (Å²) in [6.45, 7) is 16.7. The van der Waals surface area contributed by atoms with Crippen molar-refractivity contribution >= 4 is 29.5 Å². The largest absolute Gasteiger partial charge is 0.396 e. The SMILES string of the molecule is C=CCN(CCCC)C(=O)C1N(CCCCO)C(=O)[C@@H]2[C@@H](C(=O)N(CC=C)CCC)[C@H]3CC(C)C12S3. The highest BCUT2D eigenvalue weighted by atomic mass is 32.2. The molecule has 0 aromatic rings. The molecule has 1 spiro atoms. The first-order valence-corrected chi connectivity index (χ1v) is 14.6. The van der Waals surface area contributed by atoms with Gasteiger partial charge in [-0.1, -0.05) is 39.3 Å². The molecule has 0 aliphatic carbocycles. The van der Waals surface area contributed by atoms with E-state index in [-0.39, 0.29) is 35.5 Å². The van der Waals surface area contributed by atoms with Gasteiger partial charge < -0.3 is 19.8 Å². The molecule has 0 radical (unpaired) electrons. The summed E-state index contributed by atoms with van der Waals surface area (Å²) >= 11 is 1.73. The van der Waals surface area contributed by atoms with Gasteiger partial charge in [-0.25, -0.2) is 0 Å². The molecule has 3 fully saturated rings. The van der Waals surface area contributed by atoms with Crippen molar-refractivity contribution in [2.45, 2.75) is 75.3 Å². The predicted molar refractivity (Wildman–Crippen MR) is 145 cm³/mol. The van der Waals surface area contributed by atoms with Crippen LogP contribution < -0.4 is 0 Å². The van der Waals surface area contributed by atoms with Gasteiger partial charge in [-0.05, 0) is 38.0 Å². The fraction of sp³-hybridized carbons (Fsp3) is 0.750. The molecule has 36 heavy (non-hydrogen) atoms. The maximum atomic E-state index is 14.2. The van der Waals surface area contributed by atoms with E-state index in [9.17, 15) is 19.5 Å². The topological polar surface area (TPSA) is 81.2 Å². The molecule has 0 aromatic heterocycles. The third-order valence-electron chi connectivity index (χ3n) is 8.17. The van der Waals surface area contributed by atoms with Crippen molar-refractivity contribution in [3.8, 4) is 0 Å². The smallest absolute Gasteiger partial charge is 0.247 e. The first-order valence-electron chi connectivity index (χ1n) is 13.7. The normalized spacial score (nSPS) is 30.4. The molecule has 8 heteroatoms. The summed E-state index contributed by atoms with van der Waals surface area (Å²) in [5.41, 5.74) is 0. The minimum absolute atomic E-state index is 0.0206. The zero-order valence-corrected chi connectivity index (χ0v) is 23.2. The average molecular weight is 520 g/mol. The van der Waals surface area contributed by atoms with Gasteiger partial charge in [0, 0.05) is 44.6 Å². The number of rotatable bonds is 15. The van der Waals surface area contributed by atoms with E-state index in [1.165, 1.54) is 0 Å². The second kappa shape index (κ2) is 12.6. The summed E-state index contributed by atoms with van der Waals surface area (Å²) in [7, 11) is 0. The lowest BCUT2D eigenvalue weighted by Crippen LogP contribution is -2.57. The molecular formula is C28H45N3O4S. The monoisotopic (exact) mass is 519 g/mol. The lowest BCUT2D eigenvalue weighted by Gasteiger charge is -2.41. The van der Waals surface area contributed by atoms with Crippen LogP contribution >= 0.6 is 11.8 Å². The number of carbonyl (C=O) groups excluding carboxylic acids is 3. The summed E-state index contributed by atoms with van der Waals surface area (Å²) in [5, 5.41) is 9.41. The average Bonchev–Trinajstić information content (AvgIpc) is 3.45. The summed E-state index contributed by atoms with van der Waals surface area (Å²) in [6, 6.07) is -0.590. The van der Waals surface area contributed by atoms with Crippen molar-refractivity contribution in [1.82, 2.24) is 14.7 Å². The molecule has 3 aliphatic heterocycles. The molecule has 0 aromatic carbocycles. The summed E-state index contributed by atoms with van der Waals surface area (Å²) in [6.07, 6.45) is 8.24. The van der Waals surface area contributed by atoms with E-state index >= 15 is 0 Å². The van der Waals surface area contributed by atoms with Gasteiger partial charge in [0.1, 0.15) is 6.04 Å². The summed E-state index contributed by atoms with van der Waals surface area (Å²) < 4.78 is -0.601. The Bertz CT molecular complexity index is 836. The molecule has 3 unspecified atom stereocenters. The Kier molecular flexibility index (Phi) is 10.1. The van der Waals surface area contributed by atoms with Crippen molar-refractivity contribution in [3.05, 3.63) is 25.3 Å². The number of aliphatic hydroxyl groups is 1. The van der Waals surface area contributed by atoms with Gasteiger partial charge in [0.25, 0.3) is 0 Å². The van der Waals surface area contributed by atoms with Gasteiger partial charge in [-0.3, -0.25) is 14.4 Å². The van der Waals surface area contributed by atoms with Crippen molar-refractivity contribution in [3.63, 3.8) is 0 Å². The van der Waals surface area contributed by atoms with Crippen LogP contribution in [0, 0.1) is 17.8 Å². The van der Waals surface area contributed by atoms with Crippen LogP contribution in [-0.2, 0) is 14.4 Å². The zero-order valence-electron chi connectivity index (χ0n) is 22.4. The first-order chi connectivity index (χ1) is 17.3. The zero-order chi connectivity index (χ0) is 26.5. The van der Waals surface area contributed by atoms with E-state index in [0.29, 0.717) is 45.6 Å². The third-order valence-corrected chi connectivity index (χ3v) is 10.2. The Morgan fingerprint density at radius 2 is 1.75 bits per heavy atom. The molecule has 3 aliphatic rings. The van der Waals surface area contributed by atoms with Crippen molar-refractivity contribution < 1.29 is 19.5 Å². The molecule has 0 saturated carbocycles. The Hall–Kier alpha value is -1.80. The van der Waals surface area contributed by atoms with Gasteiger partial charge in [0.2, 0.25) is 17.7 Å². The molecule has 3 amide bonds. The fourth-order valence-corrected chi connectivity index (χ4v) is 9.02. The van der Waals surface area contributed by atoms with Gasteiger partial charge in [0.05, 0.1) is 16.6 Å². The van der Waals surface area contributed by atoms with Crippen LogP contribution in [0.25, 0.3) is 0 Å². The fourth-order valence-electron chi connectivity index (χ4n) is 6.61. The quantitative estimate of drug-likeness (QED) is 0.265. The van der Waals surface area contributed by atoms with E-state index in [1.54, 1.807) is 28.8 Å². The van der Waals surface area contributed by atoms with Crippen LogP contribution in [0.2, 0.25) is 0 Å². The predicted octanol–water partition coefficient (Wildman–Crippen LogP) is 3.34. The number of nitrogens with zero attached hydrogens (tertiary/aromatic N) is 3. The number of fused-ring (bicyclic) bond motifs is 1. The molecule has 3 rings (SSSR count). The van der Waals surface area contributed by atoms with Crippen LogP contribution in [0.15, 0.2) is 25.3 Å². The van der Waals surface area contributed by atoms with Crippen molar-refractivity contribution in [2.24, 2.45) is 17.8 Å². The van der Waals surface area contributed by atoms with Crippen LogP contribution in [0.3, 0.4) is 0 Å². The van der Waals surface area contributed by atoms with Crippen LogP contribution in [0.5, 0.6) is 0 Å². The van der Waals surface area contributed by atoms with Crippen LogP contribution in [0.4, 0.5) is 0 Å². The standard InChI is InChI=1S/C28H45N3O4S/c1-6-10-16-30(15-9-4)27(35)24-28-20(5)19-21(36-28)22(25(33)29(13-7-2)14-8-3)23(28)26(34)31(24)17-11-12-18-32/h7,9,20-24,32H,2,4,6,8,10-19H2,1,3,5H3/t20?,21-,22+,23+,24?,28?/m1/s1. The molecule has 202 valence electrons. The Labute approximate surface area is 221 Å². The van der Waals surface area contributed by atoms with E-state index in [2.05, 4.69) is 27.0 Å². The number of thioether (sulfide) groups is 1. The number of likely N-dealkylation sites (tertiary alicyclic amines) is 1. The highest BCUT2D eigenvalue weighted by Gasteiger charge is 2.76. The summed E-state index contributed by atoms with van der Waals surface area (Å²) in [4.78, 5) is 47.7. The van der Waals surface area contributed by atoms with Crippen molar-refractivity contribution in [2.75, 3.05) is 39.3 Å². The number of unbranched alkanes of at least 4 members (excludes halogenated alkanes) is 2. The number of aliphatic hydroxyl groups excluding tert-OH is 1. The van der Waals surface area contributed by atoms with E-state index in [0.717, 1.165) is 25.7 Å². The number of hydrogen-bond donors (Lipinski definition) is 1. The molecule has 3 heterocycles. The van der Waals surface area contributed by atoms with Crippen LogP contribution in [0.1, 0.15) is 59.3 Å². The van der Waals surface area contributed by atoms with E-state index in [4.69, 9.17) is 0 Å². The number of carbonyl (C=O) groups is 3. The lowest BCUT2D eigenvalue weighted by atomic mass is 9.65. The lowest BCUT2D eigenvalue weighted by molar-refractivity contribution is -0.144. The Morgan fingerprint density at radius 1 is 1.08 bits per heavy atom. The number of amides is 3. The highest BCUT2D eigenvalue weighted by Crippen LogP contribution is 2.68. The molecule has 7 nitrogen and oxygen atoms in total. The van der Waals surface area contributed by atoms with Crippen LogP contribution in [-0.4, -0.2) is 92.9 Å². The second-order valence-electron chi connectivity index (χ2n) is 10.5. The molecule has 2 bridgehead atoms. The van der Waals surface area contributed by atoms with Gasteiger partial charge in [-0.2, -0.15) is 0 Å². The maximum Gasteiger partial charge on any atom is 0.247 e. The molecule has 3 saturated heterocycles. The molecule has 1 N–H and O–H groups in total. The Balaban J connectivity index is 2.03.